The standard InChI is InChI=1S/C25H24N4O4S/c1-17(27-16-18-8-14-22(15-9-18)34(26,31)32)23-24(19-6-4-3-5-7-19)28-29(25(23)30)20-10-12-21(33-2)13-11-20/h3-15,28H,16H2,1-2H3,(H2,26,31,32). The number of hydrogen-bond acceptors (Lipinski definition) is 5. The molecule has 0 spiro atoms. The van der Waals surface area contributed by atoms with E-state index in [0.29, 0.717) is 28.4 Å². The van der Waals surface area contributed by atoms with E-state index in [0.717, 1.165) is 11.1 Å². The number of nitrogens with one attached hydrogen (secondary N) is 1. The normalized spacial score (nSPS) is 12.0. The van der Waals surface area contributed by atoms with Gasteiger partial charge in [-0.15, -0.1) is 0 Å². The molecule has 0 saturated heterocycles. The molecule has 174 valence electrons. The molecule has 0 atom stereocenters. The molecule has 0 fully saturated rings. The van der Waals surface area contributed by atoms with Crippen molar-refractivity contribution >= 4 is 15.7 Å². The van der Waals surface area contributed by atoms with E-state index in [2.05, 4.69) is 10.1 Å². The van der Waals surface area contributed by atoms with Crippen molar-refractivity contribution in [1.29, 1.82) is 0 Å². The Morgan fingerprint density at radius 1 is 1.00 bits per heavy atom. The molecular weight excluding hydrogens is 452 g/mol. The number of aromatic nitrogens is 2. The first-order chi connectivity index (χ1) is 16.3. The van der Waals surface area contributed by atoms with Crippen molar-refractivity contribution in [3.05, 3.63) is 100 Å². The van der Waals surface area contributed by atoms with Gasteiger partial charge in [0.2, 0.25) is 10.0 Å². The molecule has 0 amide bonds. The summed E-state index contributed by atoms with van der Waals surface area (Å²) in [7, 11) is -2.17. The highest BCUT2D eigenvalue weighted by atomic mass is 32.2. The highest BCUT2D eigenvalue weighted by molar-refractivity contribution is 7.89. The smallest absolute Gasteiger partial charge is 0.280 e. The average Bonchev–Trinajstić information content (AvgIpc) is 3.20. The fourth-order valence-corrected chi connectivity index (χ4v) is 4.09. The van der Waals surface area contributed by atoms with Gasteiger partial charge in [0.05, 0.1) is 35.5 Å². The van der Waals surface area contributed by atoms with Crippen molar-refractivity contribution in [3.8, 4) is 22.7 Å². The maximum Gasteiger partial charge on any atom is 0.280 e. The Morgan fingerprint density at radius 3 is 2.24 bits per heavy atom. The number of aromatic amines is 1. The molecule has 0 radical (unpaired) electrons. The molecule has 8 nitrogen and oxygen atoms in total. The summed E-state index contributed by atoms with van der Waals surface area (Å²) in [6.07, 6.45) is 0. The Morgan fingerprint density at radius 2 is 1.65 bits per heavy atom. The molecule has 0 aliphatic carbocycles. The first-order valence-corrected chi connectivity index (χ1v) is 12.0. The van der Waals surface area contributed by atoms with Crippen molar-refractivity contribution in [1.82, 2.24) is 9.78 Å². The van der Waals surface area contributed by atoms with Crippen LogP contribution in [0.4, 0.5) is 0 Å². The molecule has 0 aliphatic heterocycles. The van der Waals surface area contributed by atoms with Gasteiger partial charge in [-0.2, -0.15) is 0 Å². The van der Waals surface area contributed by atoms with Crippen molar-refractivity contribution in [2.24, 2.45) is 10.1 Å². The minimum Gasteiger partial charge on any atom is -0.497 e. The lowest BCUT2D eigenvalue weighted by molar-refractivity contribution is 0.414. The van der Waals surface area contributed by atoms with Crippen LogP contribution < -0.4 is 15.4 Å². The quantitative estimate of drug-likeness (QED) is 0.397. The number of nitrogens with zero attached hydrogens (tertiary/aromatic N) is 2. The molecule has 1 heterocycles. The molecule has 9 heteroatoms. The SMILES string of the molecule is COc1ccc(-n2[nH]c(-c3ccccc3)c(C(C)=NCc3ccc(S(N)(=O)=O)cc3)c2=O)cc1. The summed E-state index contributed by atoms with van der Waals surface area (Å²) in [6, 6.07) is 22.9. The Hall–Kier alpha value is -3.95. The van der Waals surface area contributed by atoms with Crippen LogP contribution in [0, 0.1) is 0 Å². The summed E-state index contributed by atoms with van der Waals surface area (Å²) in [5.74, 6) is 0.693. The minimum absolute atomic E-state index is 0.0383. The van der Waals surface area contributed by atoms with Crippen LogP contribution in [0.5, 0.6) is 5.75 Å². The van der Waals surface area contributed by atoms with Crippen LogP contribution in [-0.2, 0) is 16.6 Å². The summed E-state index contributed by atoms with van der Waals surface area (Å²) in [5, 5.41) is 8.38. The van der Waals surface area contributed by atoms with E-state index in [1.165, 1.54) is 16.8 Å². The third kappa shape index (κ3) is 4.85. The van der Waals surface area contributed by atoms with Crippen LogP contribution in [0.25, 0.3) is 16.9 Å². The van der Waals surface area contributed by atoms with Gasteiger partial charge in [-0.25, -0.2) is 18.2 Å². The summed E-state index contributed by atoms with van der Waals surface area (Å²) in [6.45, 7) is 2.06. The zero-order valence-electron chi connectivity index (χ0n) is 18.7. The summed E-state index contributed by atoms with van der Waals surface area (Å²) in [4.78, 5) is 18.1. The van der Waals surface area contributed by atoms with Crippen molar-refractivity contribution < 1.29 is 13.2 Å². The van der Waals surface area contributed by atoms with Gasteiger partial charge in [0.15, 0.2) is 0 Å². The Balaban J connectivity index is 1.74. The molecule has 4 rings (SSSR count). The largest absolute Gasteiger partial charge is 0.497 e. The van der Waals surface area contributed by atoms with Gasteiger partial charge in [0.25, 0.3) is 5.56 Å². The van der Waals surface area contributed by atoms with Gasteiger partial charge >= 0.3 is 0 Å². The zero-order chi connectivity index (χ0) is 24.3. The summed E-state index contributed by atoms with van der Waals surface area (Å²) < 4.78 is 29.6. The van der Waals surface area contributed by atoms with E-state index in [9.17, 15) is 13.2 Å². The Bertz CT molecular complexity index is 1490. The second-order valence-electron chi connectivity index (χ2n) is 7.66. The van der Waals surface area contributed by atoms with E-state index in [1.807, 2.05) is 30.3 Å². The topological polar surface area (TPSA) is 120 Å². The molecule has 4 aromatic rings. The van der Waals surface area contributed by atoms with E-state index in [-0.39, 0.29) is 17.0 Å². The summed E-state index contributed by atoms with van der Waals surface area (Å²) in [5.41, 5.74) is 3.77. The Labute approximate surface area is 197 Å². The van der Waals surface area contributed by atoms with E-state index in [1.54, 1.807) is 50.4 Å². The number of aliphatic imine (C=N–C) groups is 1. The van der Waals surface area contributed by atoms with Crippen LogP contribution in [0.2, 0.25) is 0 Å². The Kier molecular flexibility index (Phi) is 6.49. The zero-order valence-corrected chi connectivity index (χ0v) is 19.5. The van der Waals surface area contributed by atoms with Crippen LogP contribution in [0.1, 0.15) is 18.1 Å². The van der Waals surface area contributed by atoms with Crippen molar-refractivity contribution in [2.45, 2.75) is 18.4 Å². The molecule has 0 unspecified atom stereocenters. The number of H-pyrrole nitrogens is 1. The fraction of sp³-hybridized carbons (Fsp3) is 0.120. The van der Waals surface area contributed by atoms with Gasteiger partial charge in [-0.05, 0) is 48.9 Å². The molecule has 34 heavy (non-hydrogen) atoms. The van der Waals surface area contributed by atoms with Gasteiger partial charge in [0, 0.05) is 11.3 Å². The molecule has 0 bridgehead atoms. The van der Waals surface area contributed by atoms with Crippen LogP contribution >= 0.6 is 0 Å². The maximum absolute atomic E-state index is 13.5. The highest BCUT2D eigenvalue weighted by Crippen LogP contribution is 2.22. The molecule has 3 aromatic carbocycles. The number of ether oxygens (including phenoxy) is 1. The number of methoxy groups -OCH3 is 1. The number of sulfonamides is 1. The van der Waals surface area contributed by atoms with Crippen LogP contribution in [0.15, 0.2) is 93.5 Å². The second kappa shape index (κ2) is 9.50. The molecule has 0 aliphatic rings. The van der Waals surface area contributed by atoms with Gasteiger partial charge < -0.3 is 4.74 Å². The number of benzene rings is 3. The highest BCUT2D eigenvalue weighted by Gasteiger charge is 2.19. The lowest BCUT2D eigenvalue weighted by Gasteiger charge is -2.04. The van der Waals surface area contributed by atoms with Gasteiger partial charge in [-0.1, -0.05) is 42.5 Å². The monoisotopic (exact) mass is 476 g/mol. The minimum atomic E-state index is -3.76. The van der Waals surface area contributed by atoms with Crippen molar-refractivity contribution in [2.75, 3.05) is 7.11 Å². The van der Waals surface area contributed by atoms with Crippen molar-refractivity contribution in [3.63, 3.8) is 0 Å². The van der Waals surface area contributed by atoms with Crippen LogP contribution in [0.3, 0.4) is 0 Å². The number of primary sulfonamides is 1. The third-order valence-corrected chi connectivity index (χ3v) is 6.33. The third-order valence-electron chi connectivity index (χ3n) is 5.40. The van der Waals surface area contributed by atoms with E-state index < -0.39 is 10.0 Å². The van der Waals surface area contributed by atoms with Gasteiger partial charge in [-0.3, -0.25) is 14.9 Å². The summed E-state index contributed by atoms with van der Waals surface area (Å²) >= 11 is 0. The lowest BCUT2D eigenvalue weighted by Crippen LogP contribution is -2.19. The molecular formula is C25H24N4O4S. The number of rotatable bonds is 7. The van der Waals surface area contributed by atoms with E-state index in [4.69, 9.17) is 9.88 Å². The van der Waals surface area contributed by atoms with Gasteiger partial charge in [0.1, 0.15) is 5.75 Å². The number of nitrogens with two attached hydrogens (primary N) is 1. The van der Waals surface area contributed by atoms with E-state index >= 15 is 0 Å². The average molecular weight is 477 g/mol. The fourth-order valence-electron chi connectivity index (χ4n) is 3.57. The first kappa shape index (κ1) is 23.2. The van der Waals surface area contributed by atoms with Crippen LogP contribution in [-0.4, -0.2) is 31.0 Å². The second-order valence-corrected chi connectivity index (χ2v) is 9.22. The molecule has 0 saturated carbocycles. The predicted octanol–water partition coefficient (Wildman–Crippen LogP) is 3.50. The maximum atomic E-state index is 13.5. The lowest BCUT2D eigenvalue weighted by atomic mass is 10.1. The predicted molar refractivity (Wildman–Crippen MR) is 132 cm³/mol. The molecule has 3 N–H and O–H groups in total. The first-order valence-electron chi connectivity index (χ1n) is 10.5. The number of hydrogen-bond donors (Lipinski definition) is 2. The molecule has 1 aromatic heterocycles.